The Kier molecular flexibility index (Phi) is 3.94. The topological polar surface area (TPSA) is 8.81 Å². The molecule has 0 aliphatic rings. The first-order valence-electron chi connectivity index (χ1n) is 10.7. The minimum Gasteiger partial charge on any atom is -0.309 e. The van der Waals surface area contributed by atoms with E-state index >= 15 is 0 Å². The standard InChI is InChI=1S/C29H23N2/c1-20-9-3-4-10-23(20)29-26-19-22(16-15-21(26)17-18-30(29)2)31-27-13-7-5-11-24(27)25-12-6-8-14-28(25)31/h3-19H,1-2H3/q+1. The van der Waals surface area contributed by atoms with Crippen molar-refractivity contribution >= 4 is 32.6 Å². The van der Waals surface area contributed by atoms with Crippen molar-refractivity contribution in [3.8, 4) is 16.9 Å². The summed E-state index contributed by atoms with van der Waals surface area (Å²) in [5.41, 5.74) is 7.47. The van der Waals surface area contributed by atoms with Crippen LogP contribution < -0.4 is 4.57 Å². The number of hydrogen-bond donors (Lipinski definition) is 0. The minimum atomic E-state index is 1.19. The zero-order valence-electron chi connectivity index (χ0n) is 17.7. The average molecular weight is 400 g/mol. The second kappa shape index (κ2) is 6.82. The molecule has 2 heteroatoms. The number of aromatic nitrogens is 2. The van der Waals surface area contributed by atoms with Crippen LogP contribution >= 0.6 is 0 Å². The lowest BCUT2D eigenvalue weighted by Crippen LogP contribution is -2.30. The number of aryl methyl sites for hydroxylation is 2. The lowest BCUT2D eigenvalue weighted by atomic mass is 9.99. The molecule has 0 N–H and O–H groups in total. The lowest BCUT2D eigenvalue weighted by Gasteiger charge is -2.12. The van der Waals surface area contributed by atoms with E-state index in [4.69, 9.17) is 0 Å². The lowest BCUT2D eigenvalue weighted by molar-refractivity contribution is -0.659. The predicted octanol–water partition coefficient (Wildman–Crippen LogP) is 6.74. The Bertz CT molecular complexity index is 1550. The van der Waals surface area contributed by atoms with E-state index in [1.54, 1.807) is 0 Å². The molecule has 0 unspecified atom stereocenters. The van der Waals surface area contributed by atoms with E-state index in [1.807, 2.05) is 0 Å². The Hall–Kier alpha value is -3.91. The van der Waals surface area contributed by atoms with E-state index in [2.05, 4.69) is 126 Å². The molecule has 4 aromatic carbocycles. The van der Waals surface area contributed by atoms with Gasteiger partial charge in [-0.3, -0.25) is 0 Å². The molecule has 31 heavy (non-hydrogen) atoms. The van der Waals surface area contributed by atoms with E-state index in [1.165, 1.54) is 55.1 Å². The van der Waals surface area contributed by atoms with Crippen LogP contribution in [0.4, 0.5) is 0 Å². The predicted molar refractivity (Wildman–Crippen MR) is 130 cm³/mol. The Labute approximate surface area is 181 Å². The highest BCUT2D eigenvalue weighted by Crippen LogP contribution is 2.34. The molecule has 0 fully saturated rings. The molecular formula is C29H23N2+. The van der Waals surface area contributed by atoms with Crippen LogP contribution in [0.1, 0.15) is 5.56 Å². The molecule has 2 nitrogen and oxygen atoms in total. The number of nitrogens with zero attached hydrogens (tertiary/aromatic N) is 2. The van der Waals surface area contributed by atoms with Crippen molar-refractivity contribution in [2.45, 2.75) is 6.92 Å². The molecule has 0 spiro atoms. The van der Waals surface area contributed by atoms with Crippen molar-refractivity contribution in [3.63, 3.8) is 0 Å². The highest BCUT2D eigenvalue weighted by atomic mass is 15.0. The molecule has 6 rings (SSSR count). The summed E-state index contributed by atoms with van der Waals surface area (Å²) >= 11 is 0. The number of hydrogen-bond acceptors (Lipinski definition) is 0. The van der Waals surface area contributed by atoms with E-state index in [0.29, 0.717) is 0 Å². The van der Waals surface area contributed by atoms with Gasteiger partial charge in [0.15, 0.2) is 6.20 Å². The molecule has 0 amide bonds. The van der Waals surface area contributed by atoms with Gasteiger partial charge in [0.25, 0.3) is 0 Å². The van der Waals surface area contributed by atoms with Crippen molar-refractivity contribution in [2.24, 2.45) is 7.05 Å². The minimum absolute atomic E-state index is 1.19. The Morgan fingerprint density at radius 2 is 1.29 bits per heavy atom. The highest BCUT2D eigenvalue weighted by Gasteiger charge is 2.18. The van der Waals surface area contributed by atoms with E-state index in [-0.39, 0.29) is 0 Å². The van der Waals surface area contributed by atoms with Gasteiger partial charge in [0, 0.05) is 28.1 Å². The van der Waals surface area contributed by atoms with Gasteiger partial charge in [0.1, 0.15) is 7.05 Å². The van der Waals surface area contributed by atoms with Gasteiger partial charge in [0.05, 0.1) is 16.4 Å². The molecule has 0 aliphatic heterocycles. The summed E-state index contributed by atoms with van der Waals surface area (Å²) in [7, 11) is 2.13. The van der Waals surface area contributed by atoms with Crippen molar-refractivity contribution in [1.82, 2.24) is 4.57 Å². The fraction of sp³-hybridized carbons (Fsp3) is 0.0690. The van der Waals surface area contributed by atoms with Crippen molar-refractivity contribution in [2.75, 3.05) is 0 Å². The van der Waals surface area contributed by atoms with Gasteiger partial charge in [-0.15, -0.1) is 0 Å². The summed E-state index contributed by atoms with van der Waals surface area (Å²) in [5, 5.41) is 5.09. The van der Waals surface area contributed by atoms with Gasteiger partial charge in [-0.25, -0.2) is 4.57 Å². The average Bonchev–Trinajstić information content (AvgIpc) is 3.14. The third-order valence-electron chi connectivity index (χ3n) is 6.36. The van der Waals surface area contributed by atoms with Gasteiger partial charge in [-0.1, -0.05) is 60.7 Å². The molecule has 148 valence electrons. The largest absolute Gasteiger partial charge is 0.309 e. The monoisotopic (exact) mass is 399 g/mol. The van der Waals surface area contributed by atoms with Crippen molar-refractivity contribution in [1.29, 1.82) is 0 Å². The normalized spacial score (nSPS) is 11.5. The zero-order valence-corrected chi connectivity index (χ0v) is 17.7. The highest BCUT2D eigenvalue weighted by molar-refractivity contribution is 6.09. The number of para-hydroxylation sites is 2. The van der Waals surface area contributed by atoms with Crippen molar-refractivity contribution < 1.29 is 4.57 Å². The molecule has 6 aromatic rings. The van der Waals surface area contributed by atoms with Gasteiger partial charge in [-0.05, 0) is 48.2 Å². The van der Waals surface area contributed by atoms with Crippen LogP contribution in [0, 0.1) is 6.92 Å². The number of benzene rings is 4. The number of fused-ring (bicyclic) bond motifs is 4. The maximum absolute atomic E-state index is 2.39. The summed E-state index contributed by atoms with van der Waals surface area (Å²) in [6.07, 6.45) is 2.16. The second-order valence-corrected chi connectivity index (χ2v) is 8.23. The Morgan fingerprint density at radius 1 is 0.645 bits per heavy atom. The SMILES string of the molecule is Cc1ccccc1-c1c2cc(-n3c4ccccc4c4ccccc43)ccc2cc[n+]1C. The summed E-state index contributed by atoms with van der Waals surface area (Å²) in [6.45, 7) is 2.19. The quantitative estimate of drug-likeness (QED) is 0.285. The van der Waals surface area contributed by atoms with Gasteiger partial charge >= 0.3 is 0 Å². The molecule has 0 saturated heterocycles. The van der Waals surface area contributed by atoms with Crippen LogP contribution in [0.5, 0.6) is 0 Å². The first-order chi connectivity index (χ1) is 15.2. The van der Waals surface area contributed by atoms with Gasteiger partial charge in [-0.2, -0.15) is 0 Å². The molecule has 2 heterocycles. The third kappa shape index (κ3) is 2.69. The summed E-state index contributed by atoms with van der Waals surface area (Å²) in [4.78, 5) is 0. The van der Waals surface area contributed by atoms with Crippen LogP contribution in [0.15, 0.2) is 103 Å². The van der Waals surface area contributed by atoms with E-state index in [0.717, 1.165) is 0 Å². The molecule has 2 aromatic heterocycles. The van der Waals surface area contributed by atoms with E-state index < -0.39 is 0 Å². The number of rotatable bonds is 2. The van der Waals surface area contributed by atoms with Gasteiger partial charge in [0.2, 0.25) is 5.69 Å². The maximum Gasteiger partial charge on any atom is 0.220 e. The maximum atomic E-state index is 2.39. The molecular weight excluding hydrogens is 376 g/mol. The van der Waals surface area contributed by atoms with Crippen LogP contribution in [-0.2, 0) is 7.05 Å². The Balaban J connectivity index is 1.71. The van der Waals surface area contributed by atoms with Crippen LogP contribution in [0.2, 0.25) is 0 Å². The summed E-state index contributed by atoms with van der Waals surface area (Å²) in [6, 6.07) is 35.0. The van der Waals surface area contributed by atoms with Crippen LogP contribution in [-0.4, -0.2) is 4.57 Å². The molecule has 0 bridgehead atoms. The fourth-order valence-electron chi connectivity index (χ4n) is 4.86. The molecule has 0 atom stereocenters. The van der Waals surface area contributed by atoms with Gasteiger partial charge < -0.3 is 4.57 Å². The zero-order chi connectivity index (χ0) is 20.9. The smallest absolute Gasteiger partial charge is 0.220 e. The fourth-order valence-corrected chi connectivity index (χ4v) is 4.86. The van der Waals surface area contributed by atoms with Crippen molar-refractivity contribution in [3.05, 3.63) is 109 Å². The molecule has 0 aliphatic carbocycles. The third-order valence-corrected chi connectivity index (χ3v) is 6.36. The summed E-state index contributed by atoms with van der Waals surface area (Å²) in [5.74, 6) is 0. The van der Waals surface area contributed by atoms with Crippen LogP contribution in [0.3, 0.4) is 0 Å². The number of pyridine rings is 1. The molecule has 0 saturated carbocycles. The first kappa shape index (κ1) is 17.9. The first-order valence-corrected chi connectivity index (χ1v) is 10.7. The van der Waals surface area contributed by atoms with Crippen LogP contribution in [0.25, 0.3) is 49.5 Å². The summed E-state index contributed by atoms with van der Waals surface area (Å²) < 4.78 is 4.62. The molecule has 0 radical (unpaired) electrons. The van der Waals surface area contributed by atoms with E-state index in [9.17, 15) is 0 Å². The second-order valence-electron chi connectivity index (χ2n) is 8.23. The Morgan fingerprint density at radius 3 is 2.00 bits per heavy atom.